The predicted octanol–water partition coefficient (Wildman–Crippen LogP) is 3.23. The Bertz CT molecular complexity index is 1050. The number of amides is 2. The average molecular weight is 409 g/mol. The van der Waals surface area contributed by atoms with Crippen molar-refractivity contribution in [1.82, 2.24) is 24.6 Å². The van der Waals surface area contributed by atoms with Gasteiger partial charge in [-0.05, 0) is 49.1 Å². The van der Waals surface area contributed by atoms with Gasteiger partial charge in [-0.2, -0.15) is 5.10 Å². The zero-order valence-corrected chi connectivity index (χ0v) is 18.0. The van der Waals surface area contributed by atoms with E-state index in [9.17, 15) is 9.59 Å². The van der Waals surface area contributed by atoms with Gasteiger partial charge in [0.05, 0.1) is 6.04 Å². The standard InChI is InChI=1S/C22H28N6O2/c1-14(2)11-18(20-23-13-24-28(20)5)26-21(29)16-9-8-15(3)17(12-16)25-22(30)19-7-6-10-27(19)4/h6-10,12-14,18H,11H2,1-5H3,(H,25,30)(H,26,29). The lowest BCUT2D eigenvalue weighted by atomic mass is 10.0. The Morgan fingerprint density at radius 2 is 1.90 bits per heavy atom. The highest BCUT2D eigenvalue weighted by molar-refractivity contribution is 6.04. The van der Waals surface area contributed by atoms with Crippen LogP contribution in [0.4, 0.5) is 5.69 Å². The first kappa shape index (κ1) is 21.3. The molecule has 0 bridgehead atoms. The van der Waals surface area contributed by atoms with Crippen LogP contribution in [0.1, 0.15) is 58.5 Å². The maximum Gasteiger partial charge on any atom is 0.272 e. The summed E-state index contributed by atoms with van der Waals surface area (Å²) in [6.07, 6.45) is 4.03. The summed E-state index contributed by atoms with van der Waals surface area (Å²) < 4.78 is 3.42. The molecule has 0 saturated carbocycles. The summed E-state index contributed by atoms with van der Waals surface area (Å²) in [5, 5.41) is 10.1. The minimum absolute atomic E-state index is 0.222. The van der Waals surface area contributed by atoms with Gasteiger partial charge in [0.25, 0.3) is 11.8 Å². The Balaban J connectivity index is 1.80. The van der Waals surface area contributed by atoms with E-state index in [2.05, 4.69) is 34.6 Å². The monoisotopic (exact) mass is 408 g/mol. The van der Waals surface area contributed by atoms with Crippen LogP contribution in [0.2, 0.25) is 0 Å². The molecule has 158 valence electrons. The smallest absolute Gasteiger partial charge is 0.272 e. The second kappa shape index (κ2) is 8.94. The van der Waals surface area contributed by atoms with Crippen LogP contribution in [0.3, 0.4) is 0 Å². The van der Waals surface area contributed by atoms with Gasteiger partial charge >= 0.3 is 0 Å². The van der Waals surface area contributed by atoms with Crippen LogP contribution in [0.25, 0.3) is 0 Å². The number of nitrogens with one attached hydrogen (secondary N) is 2. The Hall–Kier alpha value is -3.42. The molecule has 0 spiro atoms. The Morgan fingerprint density at radius 1 is 1.13 bits per heavy atom. The van der Waals surface area contributed by atoms with Crippen molar-refractivity contribution in [2.75, 3.05) is 5.32 Å². The Morgan fingerprint density at radius 3 is 2.50 bits per heavy atom. The fourth-order valence-corrected chi connectivity index (χ4v) is 3.34. The van der Waals surface area contributed by atoms with Crippen LogP contribution in [0, 0.1) is 12.8 Å². The zero-order valence-electron chi connectivity index (χ0n) is 18.0. The van der Waals surface area contributed by atoms with Crippen LogP contribution < -0.4 is 10.6 Å². The van der Waals surface area contributed by atoms with Crippen LogP contribution in [0.5, 0.6) is 0 Å². The molecule has 1 atom stereocenters. The molecule has 8 nitrogen and oxygen atoms in total. The van der Waals surface area contributed by atoms with Crippen molar-refractivity contribution in [3.8, 4) is 0 Å². The molecule has 2 heterocycles. The molecule has 30 heavy (non-hydrogen) atoms. The quantitative estimate of drug-likeness (QED) is 0.628. The van der Waals surface area contributed by atoms with E-state index in [0.29, 0.717) is 28.7 Å². The van der Waals surface area contributed by atoms with Gasteiger partial charge < -0.3 is 15.2 Å². The minimum atomic E-state index is -0.257. The molecule has 1 unspecified atom stereocenters. The number of aromatic nitrogens is 4. The van der Waals surface area contributed by atoms with Crippen LogP contribution >= 0.6 is 0 Å². The topological polar surface area (TPSA) is 93.8 Å². The first-order chi connectivity index (χ1) is 14.3. The third-order valence-electron chi connectivity index (χ3n) is 4.99. The summed E-state index contributed by atoms with van der Waals surface area (Å²) >= 11 is 0. The molecule has 2 aromatic heterocycles. The van der Waals surface area contributed by atoms with Gasteiger partial charge in [0.2, 0.25) is 0 Å². The molecule has 0 saturated heterocycles. The number of hydrogen-bond acceptors (Lipinski definition) is 4. The molecule has 3 rings (SSSR count). The van der Waals surface area contributed by atoms with Crippen molar-refractivity contribution in [3.05, 3.63) is 65.5 Å². The Kier molecular flexibility index (Phi) is 6.34. The number of anilines is 1. The van der Waals surface area contributed by atoms with Crippen molar-refractivity contribution >= 4 is 17.5 Å². The number of aryl methyl sites for hydroxylation is 3. The van der Waals surface area contributed by atoms with E-state index in [1.54, 1.807) is 27.4 Å². The van der Waals surface area contributed by atoms with E-state index < -0.39 is 0 Å². The van der Waals surface area contributed by atoms with Gasteiger partial charge in [0, 0.05) is 31.5 Å². The third-order valence-corrected chi connectivity index (χ3v) is 4.99. The van der Waals surface area contributed by atoms with Gasteiger partial charge in [-0.25, -0.2) is 4.98 Å². The highest BCUT2D eigenvalue weighted by atomic mass is 16.2. The molecular formula is C22H28N6O2. The molecule has 0 radical (unpaired) electrons. The van der Waals surface area contributed by atoms with E-state index in [1.165, 1.54) is 6.33 Å². The summed E-state index contributed by atoms with van der Waals surface area (Å²) in [5.74, 6) is 0.629. The molecule has 0 aliphatic heterocycles. The summed E-state index contributed by atoms with van der Waals surface area (Å²) in [5.41, 5.74) is 2.50. The fourth-order valence-electron chi connectivity index (χ4n) is 3.34. The van der Waals surface area contributed by atoms with E-state index in [1.807, 2.05) is 39.3 Å². The van der Waals surface area contributed by atoms with E-state index in [0.717, 1.165) is 12.0 Å². The number of rotatable bonds is 7. The molecule has 0 aliphatic carbocycles. The highest BCUT2D eigenvalue weighted by Crippen LogP contribution is 2.22. The molecule has 1 aromatic carbocycles. The lowest BCUT2D eigenvalue weighted by Gasteiger charge is -2.20. The average Bonchev–Trinajstić information content (AvgIpc) is 3.30. The lowest BCUT2D eigenvalue weighted by Crippen LogP contribution is -2.31. The second-order valence-electron chi connectivity index (χ2n) is 7.89. The van der Waals surface area contributed by atoms with E-state index >= 15 is 0 Å². The van der Waals surface area contributed by atoms with Gasteiger partial charge in [-0.1, -0.05) is 19.9 Å². The highest BCUT2D eigenvalue weighted by Gasteiger charge is 2.22. The number of nitrogens with zero attached hydrogens (tertiary/aromatic N) is 4. The molecular weight excluding hydrogens is 380 g/mol. The maximum atomic E-state index is 13.0. The molecule has 2 N–H and O–H groups in total. The summed E-state index contributed by atoms with van der Waals surface area (Å²) in [4.78, 5) is 29.9. The van der Waals surface area contributed by atoms with Crippen LogP contribution in [-0.2, 0) is 14.1 Å². The van der Waals surface area contributed by atoms with E-state index in [-0.39, 0.29) is 17.9 Å². The summed E-state index contributed by atoms with van der Waals surface area (Å²) in [6.45, 7) is 6.08. The van der Waals surface area contributed by atoms with Crippen LogP contribution in [-0.4, -0.2) is 31.1 Å². The van der Waals surface area contributed by atoms with Crippen molar-refractivity contribution in [2.24, 2.45) is 20.0 Å². The van der Waals surface area contributed by atoms with Gasteiger partial charge in [0.1, 0.15) is 17.8 Å². The Labute approximate surface area is 176 Å². The van der Waals surface area contributed by atoms with E-state index in [4.69, 9.17) is 0 Å². The van der Waals surface area contributed by atoms with Crippen LogP contribution in [0.15, 0.2) is 42.9 Å². The van der Waals surface area contributed by atoms with Gasteiger partial charge in [-0.3, -0.25) is 14.3 Å². The predicted molar refractivity (Wildman–Crippen MR) is 115 cm³/mol. The van der Waals surface area contributed by atoms with Gasteiger partial charge in [0.15, 0.2) is 0 Å². The number of carbonyl (C=O) groups is 2. The first-order valence-electron chi connectivity index (χ1n) is 9.94. The summed E-state index contributed by atoms with van der Waals surface area (Å²) in [7, 11) is 3.62. The molecule has 0 aliphatic rings. The SMILES string of the molecule is Cc1ccc(C(=O)NC(CC(C)C)c2ncnn2C)cc1NC(=O)c1cccn1C. The fraction of sp³-hybridized carbons (Fsp3) is 0.364. The molecule has 2 amide bonds. The first-order valence-corrected chi connectivity index (χ1v) is 9.94. The third kappa shape index (κ3) is 4.76. The van der Waals surface area contributed by atoms with Crippen molar-refractivity contribution in [3.63, 3.8) is 0 Å². The molecule has 3 aromatic rings. The van der Waals surface area contributed by atoms with Crippen molar-refractivity contribution in [1.29, 1.82) is 0 Å². The number of hydrogen-bond donors (Lipinski definition) is 2. The number of benzene rings is 1. The summed E-state index contributed by atoms with van der Waals surface area (Å²) in [6, 6.07) is 8.59. The van der Waals surface area contributed by atoms with Crippen molar-refractivity contribution < 1.29 is 9.59 Å². The van der Waals surface area contributed by atoms with Gasteiger partial charge in [-0.15, -0.1) is 0 Å². The lowest BCUT2D eigenvalue weighted by molar-refractivity contribution is 0.0928. The van der Waals surface area contributed by atoms with Crippen molar-refractivity contribution in [2.45, 2.75) is 33.2 Å². The minimum Gasteiger partial charge on any atom is -0.347 e. The molecule has 0 fully saturated rings. The molecule has 8 heteroatoms. The number of carbonyl (C=O) groups excluding carboxylic acids is 2. The maximum absolute atomic E-state index is 13.0. The largest absolute Gasteiger partial charge is 0.347 e. The second-order valence-corrected chi connectivity index (χ2v) is 7.89. The normalized spacial score (nSPS) is 12.1. The zero-order chi connectivity index (χ0) is 21.8.